The molecule has 2 bridgehead atoms. The zero-order valence-electron chi connectivity index (χ0n) is 22.5. The van der Waals surface area contributed by atoms with Crippen molar-refractivity contribution >= 4 is 23.5 Å². The van der Waals surface area contributed by atoms with Gasteiger partial charge in [-0.3, -0.25) is 14.4 Å². The van der Waals surface area contributed by atoms with Gasteiger partial charge in [0.05, 0.1) is 5.56 Å². The Morgan fingerprint density at radius 3 is 2.21 bits per heavy atom. The normalized spacial score (nSPS) is 24.9. The van der Waals surface area contributed by atoms with Crippen molar-refractivity contribution in [3.8, 4) is 0 Å². The van der Waals surface area contributed by atoms with Gasteiger partial charge in [-0.25, -0.2) is 4.98 Å². The van der Waals surface area contributed by atoms with E-state index in [9.17, 15) is 14.4 Å². The number of hydrogen-bond donors (Lipinski definition) is 3. The van der Waals surface area contributed by atoms with Crippen LogP contribution in [0.1, 0.15) is 81.2 Å². The highest BCUT2D eigenvalue weighted by Crippen LogP contribution is 2.38. The van der Waals surface area contributed by atoms with E-state index in [1.54, 1.807) is 25.3 Å². The topological polar surface area (TPSA) is 121 Å². The second-order valence-corrected chi connectivity index (χ2v) is 11.0. The van der Waals surface area contributed by atoms with E-state index in [2.05, 4.69) is 32.3 Å². The van der Waals surface area contributed by atoms with Gasteiger partial charge in [0.2, 0.25) is 5.91 Å². The van der Waals surface area contributed by atoms with E-state index in [0.717, 1.165) is 63.1 Å². The second kappa shape index (κ2) is 10.7. The minimum absolute atomic E-state index is 0.0641. The third kappa shape index (κ3) is 5.25. The quantitative estimate of drug-likeness (QED) is 0.518. The molecule has 4 atom stereocenters. The Kier molecular flexibility index (Phi) is 7.38. The van der Waals surface area contributed by atoms with Gasteiger partial charge in [-0.15, -0.1) is 0 Å². The van der Waals surface area contributed by atoms with Crippen molar-refractivity contribution in [1.82, 2.24) is 20.5 Å². The summed E-state index contributed by atoms with van der Waals surface area (Å²) in [6, 6.07) is 8.14. The number of benzene rings is 1. The molecule has 1 aromatic heterocycles. The van der Waals surface area contributed by atoms with E-state index in [1.807, 2.05) is 19.1 Å². The molecule has 2 aromatic rings. The van der Waals surface area contributed by atoms with E-state index in [4.69, 9.17) is 5.73 Å². The Labute approximate surface area is 224 Å². The molecule has 9 nitrogen and oxygen atoms in total. The maximum absolute atomic E-state index is 13.1. The number of hydrogen-bond acceptors (Lipinski definition) is 6. The Morgan fingerprint density at radius 2 is 1.61 bits per heavy atom. The van der Waals surface area contributed by atoms with E-state index in [0.29, 0.717) is 34.3 Å². The summed E-state index contributed by atoms with van der Waals surface area (Å²) >= 11 is 0. The Balaban J connectivity index is 1.20. The highest BCUT2D eigenvalue weighted by Gasteiger charge is 2.42. The van der Waals surface area contributed by atoms with E-state index < -0.39 is 5.91 Å². The summed E-state index contributed by atoms with van der Waals surface area (Å²) < 4.78 is 0. The number of piperidine rings is 1. The fourth-order valence-corrected chi connectivity index (χ4v) is 6.44. The number of fused-ring (bicyclic) bond motifs is 2. The van der Waals surface area contributed by atoms with Gasteiger partial charge in [0, 0.05) is 54.6 Å². The van der Waals surface area contributed by atoms with Crippen molar-refractivity contribution in [1.29, 1.82) is 0 Å². The predicted octanol–water partition coefficient (Wildman–Crippen LogP) is 2.55. The summed E-state index contributed by atoms with van der Waals surface area (Å²) in [6.07, 6.45) is 6.48. The van der Waals surface area contributed by atoms with Gasteiger partial charge < -0.3 is 26.2 Å². The number of amides is 3. The predicted molar refractivity (Wildman–Crippen MR) is 146 cm³/mol. The summed E-state index contributed by atoms with van der Waals surface area (Å²) in [4.78, 5) is 46.9. The molecule has 3 aliphatic rings. The van der Waals surface area contributed by atoms with Crippen molar-refractivity contribution < 1.29 is 14.4 Å². The maximum Gasteiger partial charge on any atom is 0.253 e. The number of likely N-dealkylation sites (N-methyl/N-ethyl adjacent to an activating group) is 1. The first kappa shape index (κ1) is 26.2. The largest absolute Gasteiger partial charge is 0.366 e. The molecule has 0 aliphatic carbocycles. The van der Waals surface area contributed by atoms with Crippen molar-refractivity contribution in [3.63, 3.8) is 0 Å². The van der Waals surface area contributed by atoms with Crippen LogP contribution in [0.15, 0.2) is 30.5 Å². The second-order valence-electron chi connectivity index (χ2n) is 11.0. The molecule has 38 heavy (non-hydrogen) atoms. The lowest BCUT2D eigenvalue weighted by molar-refractivity contribution is 0.0921. The number of likely N-dealkylation sites (tertiary alicyclic amines) is 1. The van der Waals surface area contributed by atoms with Crippen LogP contribution in [-0.4, -0.2) is 71.4 Å². The average molecular weight is 519 g/mol. The van der Waals surface area contributed by atoms with E-state index >= 15 is 0 Å². The number of aromatic nitrogens is 1. The smallest absolute Gasteiger partial charge is 0.253 e. The minimum Gasteiger partial charge on any atom is -0.366 e. The molecular weight excluding hydrogens is 480 g/mol. The molecule has 3 amide bonds. The molecule has 1 aromatic carbocycles. The standard InChI is InChI=1S/C29H38N6O3/c1-4-34-10-9-20(16-34)32-28(37)19-5-8-26(31-15-19)35-22-6-7-23(35)14-21(13-22)33-29(38)25-12-17(2)24(27(30)36)11-18(25)3/h5,8,11-12,15,20-23H,4,6-7,9-10,13-14,16H2,1-3H3,(H2,30,36)(H,32,37)(H,33,38)/t20-,21-,22+,23-/m1/s1. The van der Waals surface area contributed by atoms with Crippen molar-refractivity contribution in [2.24, 2.45) is 5.73 Å². The van der Waals surface area contributed by atoms with E-state index in [-0.39, 0.29) is 23.9 Å². The fraction of sp³-hybridized carbons (Fsp3) is 0.517. The lowest BCUT2D eigenvalue weighted by atomic mass is 9.95. The van der Waals surface area contributed by atoms with Gasteiger partial charge in [0.1, 0.15) is 5.82 Å². The van der Waals surface area contributed by atoms with Crippen LogP contribution in [0, 0.1) is 13.8 Å². The fourth-order valence-electron chi connectivity index (χ4n) is 6.44. The Hall–Kier alpha value is -3.46. The van der Waals surface area contributed by atoms with Gasteiger partial charge in [-0.1, -0.05) is 6.92 Å². The molecule has 9 heteroatoms. The SMILES string of the molecule is CCN1CC[C@@H](NC(=O)c2ccc(N3[C@@H]4CC[C@H]3C[C@@H](NC(=O)c3cc(C)c(C(N)=O)cc3C)C4)nc2)C1. The number of nitrogens with two attached hydrogens (primary N) is 1. The molecule has 0 radical (unpaired) electrons. The van der Waals surface area contributed by atoms with Gasteiger partial charge >= 0.3 is 0 Å². The minimum atomic E-state index is -0.485. The number of primary amides is 1. The molecule has 0 spiro atoms. The van der Waals surface area contributed by atoms with Crippen LogP contribution < -0.4 is 21.3 Å². The van der Waals surface area contributed by atoms with Gasteiger partial charge in [0.25, 0.3) is 11.8 Å². The lowest BCUT2D eigenvalue weighted by Gasteiger charge is -2.40. The first-order chi connectivity index (χ1) is 18.2. The Morgan fingerprint density at radius 1 is 0.947 bits per heavy atom. The number of nitrogens with one attached hydrogen (secondary N) is 2. The molecule has 4 heterocycles. The number of rotatable bonds is 7. The van der Waals surface area contributed by atoms with Crippen LogP contribution in [-0.2, 0) is 0 Å². The van der Waals surface area contributed by atoms with Crippen LogP contribution in [0.5, 0.6) is 0 Å². The molecular formula is C29H38N6O3. The van der Waals surface area contributed by atoms with Crippen LogP contribution in [0.4, 0.5) is 5.82 Å². The number of pyridine rings is 1. The molecule has 3 fully saturated rings. The summed E-state index contributed by atoms with van der Waals surface area (Å²) in [5, 5.41) is 6.38. The summed E-state index contributed by atoms with van der Waals surface area (Å²) in [5.41, 5.74) is 8.52. The van der Waals surface area contributed by atoms with Crippen LogP contribution >= 0.6 is 0 Å². The molecule has 4 N–H and O–H groups in total. The maximum atomic E-state index is 13.1. The van der Waals surface area contributed by atoms with Crippen LogP contribution in [0.3, 0.4) is 0 Å². The van der Waals surface area contributed by atoms with Crippen molar-refractivity contribution in [2.75, 3.05) is 24.5 Å². The highest BCUT2D eigenvalue weighted by atomic mass is 16.2. The number of carbonyl (C=O) groups excluding carboxylic acids is 3. The molecule has 202 valence electrons. The van der Waals surface area contributed by atoms with Crippen molar-refractivity contribution in [2.45, 2.75) is 77.0 Å². The third-order valence-electron chi connectivity index (χ3n) is 8.48. The molecule has 3 saturated heterocycles. The first-order valence-electron chi connectivity index (χ1n) is 13.7. The van der Waals surface area contributed by atoms with Gasteiger partial charge in [-0.05, 0) is 87.9 Å². The molecule has 0 saturated carbocycles. The van der Waals surface area contributed by atoms with Gasteiger partial charge in [-0.2, -0.15) is 0 Å². The zero-order chi connectivity index (χ0) is 27.0. The summed E-state index contributed by atoms with van der Waals surface area (Å²) in [5.74, 6) is 0.231. The monoisotopic (exact) mass is 518 g/mol. The molecule has 3 aliphatic heterocycles. The molecule has 0 unspecified atom stereocenters. The number of aryl methyl sites for hydroxylation is 2. The molecule has 5 rings (SSSR count). The summed E-state index contributed by atoms with van der Waals surface area (Å²) in [7, 11) is 0. The highest BCUT2D eigenvalue weighted by molar-refractivity contribution is 5.99. The lowest BCUT2D eigenvalue weighted by Crippen LogP contribution is -2.51. The third-order valence-corrected chi connectivity index (χ3v) is 8.48. The Bertz CT molecular complexity index is 1220. The summed E-state index contributed by atoms with van der Waals surface area (Å²) in [6.45, 7) is 8.71. The first-order valence-corrected chi connectivity index (χ1v) is 13.7. The van der Waals surface area contributed by atoms with Crippen LogP contribution in [0.2, 0.25) is 0 Å². The van der Waals surface area contributed by atoms with Gasteiger partial charge in [0.15, 0.2) is 0 Å². The van der Waals surface area contributed by atoms with Crippen molar-refractivity contribution in [3.05, 3.63) is 58.3 Å². The number of carbonyl (C=O) groups is 3. The zero-order valence-corrected chi connectivity index (χ0v) is 22.5. The number of nitrogens with zero attached hydrogens (tertiary/aromatic N) is 3. The average Bonchev–Trinajstić information content (AvgIpc) is 3.46. The van der Waals surface area contributed by atoms with Crippen LogP contribution in [0.25, 0.3) is 0 Å². The van der Waals surface area contributed by atoms with E-state index in [1.165, 1.54) is 0 Å². The number of anilines is 1.